The van der Waals surface area contributed by atoms with E-state index >= 15 is 0 Å². The molecule has 112 valence electrons. The van der Waals surface area contributed by atoms with Crippen LogP contribution in [0.5, 0.6) is 5.75 Å². The maximum Gasteiger partial charge on any atom is 0.123 e. The zero-order chi connectivity index (χ0) is 14.4. The van der Waals surface area contributed by atoms with Crippen molar-refractivity contribution in [2.24, 2.45) is 5.92 Å². The third-order valence-corrected chi connectivity index (χ3v) is 4.24. The predicted octanol–water partition coefficient (Wildman–Crippen LogP) is 3.07. The van der Waals surface area contributed by atoms with Crippen molar-refractivity contribution in [3.8, 4) is 5.75 Å². The van der Waals surface area contributed by atoms with Gasteiger partial charge >= 0.3 is 0 Å². The topological polar surface area (TPSA) is 32.7 Å². The second-order valence-electron chi connectivity index (χ2n) is 6.05. The fraction of sp³-hybridized carbons (Fsp3) is 0.647. The highest BCUT2D eigenvalue weighted by molar-refractivity contribution is 5.32. The molecule has 1 aliphatic carbocycles. The molecule has 1 aromatic rings. The average molecular weight is 277 g/mol. The van der Waals surface area contributed by atoms with E-state index in [2.05, 4.69) is 18.0 Å². The van der Waals surface area contributed by atoms with Crippen LogP contribution in [0, 0.1) is 5.92 Å². The van der Waals surface area contributed by atoms with Crippen molar-refractivity contribution in [2.45, 2.75) is 44.8 Å². The van der Waals surface area contributed by atoms with E-state index in [0.29, 0.717) is 0 Å². The smallest absolute Gasteiger partial charge is 0.123 e. The van der Waals surface area contributed by atoms with Crippen LogP contribution in [0.1, 0.15) is 37.7 Å². The lowest BCUT2D eigenvalue weighted by Crippen LogP contribution is -2.30. The van der Waals surface area contributed by atoms with E-state index in [4.69, 9.17) is 4.74 Å². The van der Waals surface area contributed by atoms with Crippen LogP contribution in [0.4, 0.5) is 0 Å². The lowest BCUT2D eigenvalue weighted by atomic mass is 10.00. The van der Waals surface area contributed by atoms with Crippen molar-refractivity contribution >= 4 is 0 Å². The Kier molecular flexibility index (Phi) is 5.86. The van der Waals surface area contributed by atoms with Crippen molar-refractivity contribution in [1.82, 2.24) is 4.90 Å². The number of rotatable bonds is 7. The molecule has 0 spiro atoms. The minimum Gasteiger partial charge on any atom is -0.496 e. The van der Waals surface area contributed by atoms with E-state index in [0.717, 1.165) is 31.2 Å². The van der Waals surface area contributed by atoms with Gasteiger partial charge in [-0.3, -0.25) is 4.90 Å². The Balaban J connectivity index is 1.80. The number of para-hydroxylation sites is 1. The molecule has 1 atom stereocenters. The highest BCUT2D eigenvalue weighted by Crippen LogP contribution is 2.28. The fourth-order valence-electron chi connectivity index (χ4n) is 3.25. The summed E-state index contributed by atoms with van der Waals surface area (Å²) < 4.78 is 5.37. The van der Waals surface area contributed by atoms with Gasteiger partial charge in [-0.25, -0.2) is 0 Å². The second kappa shape index (κ2) is 7.65. The van der Waals surface area contributed by atoms with Crippen LogP contribution in [0.3, 0.4) is 0 Å². The monoisotopic (exact) mass is 277 g/mol. The molecule has 1 aromatic carbocycles. The summed E-state index contributed by atoms with van der Waals surface area (Å²) in [6.45, 7) is 1.54. The van der Waals surface area contributed by atoms with Crippen molar-refractivity contribution in [1.29, 1.82) is 0 Å². The van der Waals surface area contributed by atoms with E-state index in [1.165, 1.54) is 31.2 Å². The largest absolute Gasteiger partial charge is 0.496 e. The number of hydrogen-bond acceptors (Lipinski definition) is 3. The van der Waals surface area contributed by atoms with E-state index in [-0.39, 0.29) is 6.10 Å². The molecule has 1 unspecified atom stereocenters. The first kappa shape index (κ1) is 15.3. The maximum atomic E-state index is 10.2. The van der Waals surface area contributed by atoms with Gasteiger partial charge in [0, 0.05) is 18.7 Å². The van der Waals surface area contributed by atoms with Crippen LogP contribution in [0.25, 0.3) is 0 Å². The average Bonchev–Trinajstić information content (AvgIpc) is 2.91. The van der Waals surface area contributed by atoms with Crippen molar-refractivity contribution in [3.05, 3.63) is 29.8 Å². The first-order valence-electron chi connectivity index (χ1n) is 7.67. The van der Waals surface area contributed by atoms with Gasteiger partial charge in [-0.1, -0.05) is 43.9 Å². The number of methoxy groups -OCH3 is 1. The molecule has 0 aromatic heterocycles. The van der Waals surface area contributed by atoms with Crippen LogP contribution in [-0.4, -0.2) is 36.8 Å². The SMILES string of the molecule is COc1ccccc1CN(C)CC(O)CC1CCCC1. The summed E-state index contributed by atoms with van der Waals surface area (Å²) in [6, 6.07) is 8.08. The Hall–Kier alpha value is -1.06. The normalized spacial score (nSPS) is 17.6. The summed E-state index contributed by atoms with van der Waals surface area (Å²) in [6.07, 6.45) is 6.03. The Morgan fingerprint density at radius 2 is 2.00 bits per heavy atom. The quantitative estimate of drug-likeness (QED) is 0.831. The summed E-state index contributed by atoms with van der Waals surface area (Å²) in [5.41, 5.74) is 1.17. The van der Waals surface area contributed by atoms with E-state index in [1.807, 2.05) is 18.2 Å². The molecule has 20 heavy (non-hydrogen) atoms. The second-order valence-corrected chi connectivity index (χ2v) is 6.05. The van der Waals surface area contributed by atoms with Gasteiger partial charge in [0.2, 0.25) is 0 Å². The molecular weight excluding hydrogens is 250 g/mol. The zero-order valence-corrected chi connectivity index (χ0v) is 12.7. The Morgan fingerprint density at radius 1 is 1.30 bits per heavy atom. The summed E-state index contributed by atoms with van der Waals surface area (Å²) in [4.78, 5) is 2.18. The molecule has 3 nitrogen and oxygen atoms in total. The standard InChI is InChI=1S/C17H27NO2/c1-18(12-15-9-5-6-10-17(15)20-2)13-16(19)11-14-7-3-4-8-14/h5-6,9-10,14,16,19H,3-4,7-8,11-13H2,1-2H3. The van der Waals surface area contributed by atoms with E-state index in [1.54, 1.807) is 7.11 Å². The summed E-state index contributed by atoms with van der Waals surface area (Å²) in [5.74, 6) is 1.66. The number of ether oxygens (including phenoxy) is 1. The molecule has 0 heterocycles. The molecule has 1 aliphatic rings. The molecule has 0 aliphatic heterocycles. The maximum absolute atomic E-state index is 10.2. The summed E-state index contributed by atoms with van der Waals surface area (Å²) in [5, 5.41) is 10.2. The van der Waals surface area contributed by atoms with Gasteiger partial charge in [0.1, 0.15) is 5.75 Å². The van der Waals surface area contributed by atoms with Crippen LogP contribution in [0.15, 0.2) is 24.3 Å². The van der Waals surface area contributed by atoms with Gasteiger partial charge in [-0.2, -0.15) is 0 Å². The Morgan fingerprint density at radius 3 is 2.70 bits per heavy atom. The first-order valence-corrected chi connectivity index (χ1v) is 7.67. The van der Waals surface area contributed by atoms with Crippen molar-refractivity contribution < 1.29 is 9.84 Å². The van der Waals surface area contributed by atoms with Gasteiger partial charge in [0.15, 0.2) is 0 Å². The number of hydrogen-bond donors (Lipinski definition) is 1. The van der Waals surface area contributed by atoms with Gasteiger partial charge in [-0.05, 0) is 25.5 Å². The summed E-state index contributed by atoms with van der Waals surface area (Å²) >= 11 is 0. The molecule has 0 bridgehead atoms. The number of aliphatic hydroxyl groups is 1. The third-order valence-electron chi connectivity index (χ3n) is 4.24. The van der Waals surface area contributed by atoms with Crippen LogP contribution < -0.4 is 4.74 Å². The number of likely N-dealkylation sites (N-methyl/N-ethyl adjacent to an activating group) is 1. The predicted molar refractivity (Wildman–Crippen MR) is 81.9 cm³/mol. The van der Waals surface area contributed by atoms with Gasteiger partial charge in [0.25, 0.3) is 0 Å². The van der Waals surface area contributed by atoms with Crippen molar-refractivity contribution in [3.63, 3.8) is 0 Å². The van der Waals surface area contributed by atoms with Crippen LogP contribution in [-0.2, 0) is 6.54 Å². The van der Waals surface area contributed by atoms with Crippen LogP contribution >= 0.6 is 0 Å². The zero-order valence-electron chi connectivity index (χ0n) is 12.7. The minimum absolute atomic E-state index is 0.210. The number of benzene rings is 1. The molecule has 1 N–H and O–H groups in total. The Bertz CT molecular complexity index is 402. The lowest BCUT2D eigenvalue weighted by molar-refractivity contribution is 0.0991. The highest BCUT2D eigenvalue weighted by atomic mass is 16.5. The molecule has 3 heteroatoms. The molecular formula is C17H27NO2. The Labute approximate surface area is 122 Å². The molecule has 0 saturated heterocycles. The first-order chi connectivity index (χ1) is 9.69. The molecule has 0 radical (unpaired) electrons. The molecule has 1 saturated carbocycles. The van der Waals surface area contributed by atoms with E-state index < -0.39 is 0 Å². The van der Waals surface area contributed by atoms with Crippen molar-refractivity contribution in [2.75, 3.05) is 20.7 Å². The van der Waals surface area contributed by atoms with Crippen LogP contribution in [0.2, 0.25) is 0 Å². The fourth-order valence-corrected chi connectivity index (χ4v) is 3.25. The molecule has 2 rings (SSSR count). The van der Waals surface area contributed by atoms with Gasteiger partial charge in [0.05, 0.1) is 13.2 Å². The number of nitrogens with zero attached hydrogens (tertiary/aromatic N) is 1. The number of aliphatic hydroxyl groups excluding tert-OH is 1. The highest BCUT2D eigenvalue weighted by Gasteiger charge is 2.19. The lowest BCUT2D eigenvalue weighted by Gasteiger charge is -2.23. The minimum atomic E-state index is -0.210. The van der Waals surface area contributed by atoms with Gasteiger partial charge < -0.3 is 9.84 Å². The van der Waals surface area contributed by atoms with E-state index in [9.17, 15) is 5.11 Å². The third kappa shape index (κ3) is 4.50. The molecule has 1 fully saturated rings. The molecule has 0 amide bonds. The van der Waals surface area contributed by atoms with Gasteiger partial charge in [-0.15, -0.1) is 0 Å². The summed E-state index contributed by atoms with van der Waals surface area (Å²) in [7, 11) is 3.76.